The van der Waals surface area contributed by atoms with E-state index in [0.717, 1.165) is 6.42 Å². The van der Waals surface area contributed by atoms with E-state index in [1.165, 1.54) is 0 Å². The Balaban J connectivity index is 2.48. The summed E-state index contributed by atoms with van der Waals surface area (Å²) in [5.41, 5.74) is 0. The Kier molecular flexibility index (Phi) is 5.14. The minimum Gasteiger partial charge on any atom is -0.395 e. The van der Waals surface area contributed by atoms with Crippen molar-refractivity contribution in [2.75, 3.05) is 13.2 Å². The van der Waals surface area contributed by atoms with E-state index in [1.807, 2.05) is 6.92 Å². The highest BCUT2D eigenvalue weighted by Crippen LogP contribution is 2.10. The normalized spacial score (nSPS) is 34.8. The van der Waals surface area contributed by atoms with Crippen LogP contribution in [0, 0.1) is 0 Å². The number of nitrogens with one attached hydrogen (secondary N) is 2. The van der Waals surface area contributed by atoms with Gasteiger partial charge in [-0.15, -0.1) is 0 Å². The molecule has 1 heterocycles. The maximum atomic E-state index is 11.3. The smallest absolute Gasteiger partial charge is 0.220 e. The Morgan fingerprint density at radius 2 is 2.12 bits per heavy atom. The van der Waals surface area contributed by atoms with Crippen molar-refractivity contribution in [1.82, 2.24) is 10.6 Å². The highest BCUT2D eigenvalue weighted by molar-refractivity contribution is 5.76. The van der Waals surface area contributed by atoms with Gasteiger partial charge in [0.15, 0.2) is 0 Å². The molecule has 0 radical (unpaired) electrons. The summed E-state index contributed by atoms with van der Waals surface area (Å²) in [6.45, 7) is 2.00. The molecule has 1 fully saturated rings. The molecule has 0 aromatic rings. The molecule has 1 aliphatic heterocycles. The van der Waals surface area contributed by atoms with E-state index in [9.17, 15) is 15.0 Å². The predicted molar refractivity (Wildman–Crippen MR) is 57.7 cm³/mol. The van der Waals surface area contributed by atoms with Gasteiger partial charge in [-0.3, -0.25) is 4.79 Å². The van der Waals surface area contributed by atoms with E-state index < -0.39 is 24.3 Å². The zero-order chi connectivity index (χ0) is 12.1. The van der Waals surface area contributed by atoms with Crippen molar-refractivity contribution in [1.29, 1.82) is 0 Å². The number of carbonyl (C=O) groups excluding carboxylic acids is 1. The summed E-state index contributed by atoms with van der Waals surface area (Å²) < 4.78 is 0. The van der Waals surface area contributed by atoms with Crippen LogP contribution < -0.4 is 10.6 Å². The summed E-state index contributed by atoms with van der Waals surface area (Å²) in [5, 5.41) is 33.8. The van der Waals surface area contributed by atoms with Crippen LogP contribution in [0.25, 0.3) is 0 Å². The van der Waals surface area contributed by atoms with E-state index >= 15 is 0 Å². The van der Waals surface area contributed by atoms with Gasteiger partial charge >= 0.3 is 0 Å². The minimum absolute atomic E-state index is 0.136. The quantitative estimate of drug-likeness (QED) is 0.384. The van der Waals surface area contributed by atoms with Crippen molar-refractivity contribution in [2.45, 2.75) is 44.1 Å². The number of amides is 1. The van der Waals surface area contributed by atoms with Gasteiger partial charge in [-0.1, -0.05) is 6.92 Å². The summed E-state index contributed by atoms with van der Waals surface area (Å²) in [4.78, 5) is 11.3. The molecule has 0 unspecified atom stereocenters. The molecule has 6 nitrogen and oxygen atoms in total. The fourth-order valence-corrected chi connectivity index (χ4v) is 1.81. The number of piperidine rings is 1. The van der Waals surface area contributed by atoms with Crippen molar-refractivity contribution in [3.63, 3.8) is 0 Å². The molecule has 0 aromatic carbocycles. The summed E-state index contributed by atoms with van der Waals surface area (Å²) in [6.07, 6.45) is -0.961. The van der Waals surface area contributed by atoms with E-state index in [1.54, 1.807) is 0 Å². The summed E-state index contributed by atoms with van der Waals surface area (Å²) in [6, 6.07) is -1.04. The topological polar surface area (TPSA) is 102 Å². The van der Waals surface area contributed by atoms with Gasteiger partial charge in [0.25, 0.3) is 0 Å². The molecule has 0 bridgehead atoms. The van der Waals surface area contributed by atoms with E-state index in [2.05, 4.69) is 10.6 Å². The molecule has 4 atom stereocenters. The third kappa shape index (κ3) is 3.15. The zero-order valence-electron chi connectivity index (χ0n) is 9.39. The molecule has 6 heteroatoms. The second-order valence-corrected chi connectivity index (χ2v) is 4.10. The first-order valence-corrected chi connectivity index (χ1v) is 5.59. The van der Waals surface area contributed by atoms with Crippen molar-refractivity contribution < 1.29 is 20.1 Å². The van der Waals surface area contributed by atoms with Crippen LogP contribution in [0.5, 0.6) is 0 Å². The number of hydrogen-bond acceptors (Lipinski definition) is 5. The zero-order valence-corrected chi connectivity index (χ0v) is 9.39. The second-order valence-electron chi connectivity index (χ2n) is 4.10. The van der Waals surface area contributed by atoms with Gasteiger partial charge in [0.05, 0.1) is 24.8 Å². The number of aliphatic hydroxyl groups is 3. The van der Waals surface area contributed by atoms with Gasteiger partial charge in [0.2, 0.25) is 5.91 Å². The fraction of sp³-hybridized carbons (Fsp3) is 0.900. The van der Waals surface area contributed by atoms with Crippen LogP contribution in [0.4, 0.5) is 0 Å². The van der Waals surface area contributed by atoms with E-state index in [4.69, 9.17) is 5.11 Å². The first-order valence-electron chi connectivity index (χ1n) is 5.59. The number of rotatable bonds is 4. The van der Waals surface area contributed by atoms with Gasteiger partial charge in [-0.05, 0) is 6.42 Å². The van der Waals surface area contributed by atoms with Crippen molar-refractivity contribution in [3.05, 3.63) is 0 Å². The lowest BCUT2D eigenvalue weighted by Gasteiger charge is -2.38. The van der Waals surface area contributed by atoms with Crippen LogP contribution in [0.1, 0.15) is 19.8 Å². The minimum atomic E-state index is -1.06. The SMILES string of the molecule is CCCC(=O)N[C@H]1CN[C@H](CO)[C@@H](O)[C@@H]1O. The molecule has 5 N–H and O–H groups in total. The number of carbonyl (C=O) groups is 1. The lowest BCUT2D eigenvalue weighted by Crippen LogP contribution is -2.65. The van der Waals surface area contributed by atoms with Crippen LogP contribution >= 0.6 is 0 Å². The molecule has 0 saturated carbocycles. The van der Waals surface area contributed by atoms with Crippen molar-refractivity contribution in [3.8, 4) is 0 Å². The molecule has 0 spiro atoms. The molecule has 1 rings (SSSR count). The lowest BCUT2D eigenvalue weighted by molar-refractivity contribution is -0.124. The van der Waals surface area contributed by atoms with Gasteiger partial charge < -0.3 is 26.0 Å². The van der Waals surface area contributed by atoms with E-state index in [0.29, 0.717) is 13.0 Å². The van der Waals surface area contributed by atoms with Crippen LogP contribution in [-0.2, 0) is 4.79 Å². The Morgan fingerprint density at radius 1 is 1.44 bits per heavy atom. The van der Waals surface area contributed by atoms with Crippen LogP contribution in [0.15, 0.2) is 0 Å². The maximum absolute atomic E-state index is 11.3. The molecule has 1 aliphatic rings. The Labute approximate surface area is 94.7 Å². The third-order valence-corrected chi connectivity index (χ3v) is 2.79. The molecule has 16 heavy (non-hydrogen) atoms. The average Bonchev–Trinajstić information content (AvgIpc) is 2.25. The third-order valence-electron chi connectivity index (χ3n) is 2.79. The summed E-state index contributed by atoms with van der Waals surface area (Å²) >= 11 is 0. The largest absolute Gasteiger partial charge is 0.395 e. The first-order chi connectivity index (χ1) is 7.60. The number of hydrogen-bond donors (Lipinski definition) is 5. The Bertz CT molecular complexity index is 237. The van der Waals surface area contributed by atoms with Gasteiger partial charge in [-0.2, -0.15) is 0 Å². The monoisotopic (exact) mass is 232 g/mol. The van der Waals surface area contributed by atoms with Gasteiger partial charge in [0, 0.05) is 13.0 Å². The standard InChI is InChI=1S/C10H20N2O4/c1-2-3-8(14)12-6-4-11-7(5-13)10(16)9(6)15/h6-7,9-11,13,15-16H,2-5H2,1H3,(H,12,14)/t6-,7+,9+,10+/m0/s1. The molecule has 0 aromatic heterocycles. The van der Waals surface area contributed by atoms with Crippen LogP contribution in [0.2, 0.25) is 0 Å². The van der Waals surface area contributed by atoms with Crippen molar-refractivity contribution in [2.24, 2.45) is 0 Å². The summed E-state index contributed by atoms with van der Waals surface area (Å²) in [7, 11) is 0. The van der Waals surface area contributed by atoms with E-state index in [-0.39, 0.29) is 12.5 Å². The molecule has 94 valence electrons. The molecule has 1 saturated heterocycles. The highest BCUT2D eigenvalue weighted by Gasteiger charge is 2.37. The maximum Gasteiger partial charge on any atom is 0.220 e. The average molecular weight is 232 g/mol. The van der Waals surface area contributed by atoms with Crippen LogP contribution in [0.3, 0.4) is 0 Å². The van der Waals surface area contributed by atoms with Crippen molar-refractivity contribution >= 4 is 5.91 Å². The first kappa shape index (κ1) is 13.4. The molecule has 0 aliphatic carbocycles. The van der Waals surface area contributed by atoms with Crippen LogP contribution in [-0.4, -0.2) is 58.7 Å². The molecular weight excluding hydrogens is 212 g/mol. The molecular formula is C10H20N2O4. The number of aliphatic hydroxyl groups excluding tert-OH is 3. The summed E-state index contributed by atoms with van der Waals surface area (Å²) in [5.74, 6) is -0.136. The predicted octanol–water partition coefficient (Wildman–Crippen LogP) is -2.04. The second kappa shape index (κ2) is 6.15. The highest BCUT2D eigenvalue weighted by atomic mass is 16.3. The Morgan fingerprint density at radius 3 is 2.69 bits per heavy atom. The fourth-order valence-electron chi connectivity index (χ4n) is 1.81. The lowest BCUT2D eigenvalue weighted by atomic mass is 9.94. The molecule has 1 amide bonds. The van der Waals surface area contributed by atoms with Gasteiger partial charge in [0.1, 0.15) is 6.10 Å². The Hall–Kier alpha value is -0.690. The van der Waals surface area contributed by atoms with Gasteiger partial charge in [-0.25, -0.2) is 0 Å².